The highest BCUT2D eigenvalue weighted by molar-refractivity contribution is 6.53. The van der Waals surface area contributed by atoms with Crippen molar-refractivity contribution >= 4 is 75.3 Å². The number of halogens is 5. The molecule has 0 aromatic heterocycles. The number of rotatable bonds is 3. The van der Waals surface area contributed by atoms with Crippen molar-refractivity contribution in [3.05, 3.63) is 89.4 Å². The van der Waals surface area contributed by atoms with Crippen LogP contribution < -0.4 is 0 Å². The molecule has 1 aliphatic carbocycles. The topological polar surface area (TPSA) is 74.6 Å². The molecule has 2 aromatic rings. The molecule has 0 aliphatic heterocycles. The highest BCUT2D eigenvalue weighted by Crippen LogP contribution is 2.48. The van der Waals surface area contributed by atoms with Crippen LogP contribution in [0, 0.1) is 0 Å². The van der Waals surface area contributed by atoms with Crippen molar-refractivity contribution in [3.63, 3.8) is 0 Å². The highest BCUT2D eigenvalue weighted by Gasteiger charge is 2.30. The first-order valence-corrected chi connectivity index (χ1v) is 10.2. The summed E-state index contributed by atoms with van der Waals surface area (Å²) in [6, 6.07) is 4.17. The number of carboxylic acids is 1. The molecule has 4 nitrogen and oxygen atoms in total. The number of aromatic hydroxyl groups is 1. The van der Waals surface area contributed by atoms with E-state index in [1.54, 1.807) is 6.92 Å². The quantitative estimate of drug-likeness (QED) is 0.341. The average molecular weight is 505 g/mol. The van der Waals surface area contributed by atoms with Gasteiger partial charge in [-0.15, -0.1) is 0 Å². The van der Waals surface area contributed by atoms with Crippen LogP contribution in [0.15, 0.2) is 47.6 Å². The van der Waals surface area contributed by atoms with Gasteiger partial charge in [-0.25, -0.2) is 4.79 Å². The summed E-state index contributed by atoms with van der Waals surface area (Å²) in [6.45, 7) is 1.68. The number of carboxylic acid groups (broad SMARTS) is 1. The summed E-state index contributed by atoms with van der Waals surface area (Å²) in [7, 11) is 0. The van der Waals surface area contributed by atoms with Gasteiger partial charge in [0.25, 0.3) is 0 Å². The van der Waals surface area contributed by atoms with E-state index >= 15 is 0 Å². The molecule has 2 aromatic carbocycles. The second-order valence-electron chi connectivity index (χ2n) is 6.33. The lowest BCUT2D eigenvalue weighted by molar-refractivity contribution is -0.110. The summed E-state index contributed by atoms with van der Waals surface area (Å²) in [5.74, 6) is -1.71. The fraction of sp³-hybridized carbons (Fsp3) is 0.0476. The zero-order chi connectivity index (χ0) is 22.3. The number of hydrogen-bond donors (Lipinski definition) is 2. The maximum Gasteiger partial charge on any atom is 0.337 e. The first-order chi connectivity index (χ1) is 14.0. The van der Waals surface area contributed by atoms with Crippen molar-refractivity contribution in [2.24, 2.45) is 0 Å². The predicted octanol–water partition coefficient (Wildman–Crippen LogP) is 7.24. The van der Waals surface area contributed by atoms with E-state index in [0.29, 0.717) is 16.7 Å². The molecule has 9 heteroatoms. The lowest BCUT2D eigenvalue weighted by Crippen LogP contribution is -2.09. The Bertz CT molecular complexity index is 1210. The van der Waals surface area contributed by atoms with Crippen LogP contribution in [-0.2, 0) is 4.79 Å². The minimum Gasteiger partial charge on any atom is -0.508 e. The number of carbonyl (C=O) groups excluding carboxylic acids is 1. The average Bonchev–Trinajstić information content (AvgIpc) is 2.66. The van der Waals surface area contributed by atoms with E-state index < -0.39 is 5.97 Å². The van der Waals surface area contributed by atoms with Gasteiger partial charge < -0.3 is 10.2 Å². The van der Waals surface area contributed by atoms with Gasteiger partial charge in [0.1, 0.15) is 5.75 Å². The molecule has 3 rings (SSSR count). The summed E-state index contributed by atoms with van der Waals surface area (Å²) in [5.41, 5.74) is 1.23. The zero-order valence-corrected chi connectivity index (χ0v) is 18.8. The molecule has 0 amide bonds. The third-order valence-electron chi connectivity index (χ3n) is 4.42. The van der Waals surface area contributed by atoms with Crippen LogP contribution in [0.2, 0.25) is 25.1 Å². The molecule has 30 heavy (non-hydrogen) atoms. The Morgan fingerprint density at radius 1 is 0.900 bits per heavy atom. The smallest absolute Gasteiger partial charge is 0.337 e. The predicted molar refractivity (Wildman–Crippen MR) is 120 cm³/mol. The number of carbonyl (C=O) groups is 2. The Labute approximate surface area is 196 Å². The third-order valence-corrected chi connectivity index (χ3v) is 6.53. The second kappa shape index (κ2) is 8.66. The summed E-state index contributed by atoms with van der Waals surface area (Å²) >= 11 is 31.4. The Balaban J connectivity index is 2.57. The SMILES string of the molecule is CC1=CC(=O)C=CC1=C(c1ccc(O)cc1Cl)c1c(Cl)c(Cl)c(Cl)c(Cl)c1C(=O)O. The summed E-state index contributed by atoms with van der Waals surface area (Å²) in [4.78, 5) is 23.9. The van der Waals surface area contributed by atoms with Crippen molar-refractivity contribution in [2.75, 3.05) is 0 Å². The number of benzene rings is 2. The van der Waals surface area contributed by atoms with E-state index in [1.807, 2.05) is 0 Å². The van der Waals surface area contributed by atoms with E-state index in [1.165, 1.54) is 36.4 Å². The van der Waals surface area contributed by atoms with E-state index in [9.17, 15) is 19.8 Å². The van der Waals surface area contributed by atoms with E-state index in [2.05, 4.69) is 0 Å². The van der Waals surface area contributed by atoms with E-state index in [4.69, 9.17) is 58.0 Å². The van der Waals surface area contributed by atoms with E-state index in [0.717, 1.165) is 0 Å². The van der Waals surface area contributed by atoms with Crippen LogP contribution in [-0.4, -0.2) is 22.0 Å². The van der Waals surface area contributed by atoms with Gasteiger partial charge in [-0.05, 0) is 48.4 Å². The Morgan fingerprint density at radius 2 is 1.50 bits per heavy atom. The van der Waals surface area contributed by atoms with Gasteiger partial charge in [-0.1, -0.05) is 64.1 Å². The number of ketones is 1. The minimum atomic E-state index is -1.39. The molecule has 0 saturated heterocycles. The van der Waals surface area contributed by atoms with Crippen LogP contribution >= 0.6 is 58.0 Å². The van der Waals surface area contributed by atoms with Gasteiger partial charge in [0.05, 0.1) is 30.7 Å². The Hall–Kier alpha value is -1.95. The van der Waals surface area contributed by atoms with E-state index in [-0.39, 0.29) is 53.3 Å². The van der Waals surface area contributed by atoms with Crippen molar-refractivity contribution in [3.8, 4) is 5.75 Å². The molecular weight excluding hydrogens is 493 g/mol. The molecule has 0 fully saturated rings. The summed E-state index contributed by atoms with van der Waals surface area (Å²) < 4.78 is 0. The van der Waals surface area contributed by atoms with Gasteiger partial charge in [-0.3, -0.25) is 4.79 Å². The molecule has 0 unspecified atom stereocenters. The fourth-order valence-corrected chi connectivity index (χ4v) is 4.40. The lowest BCUT2D eigenvalue weighted by Gasteiger charge is -2.22. The van der Waals surface area contributed by atoms with Crippen molar-refractivity contribution in [1.29, 1.82) is 0 Å². The first kappa shape index (κ1) is 22.7. The number of phenolic OH excluding ortho intramolecular Hbond substituents is 1. The Kier molecular flexibility index (Phi) is 6.56. The Morgan fingerprint density at radius 3 is 2.03 bits per heavy atom. The molecule has 154 valence electrons. The molecular formula is C21H11Cl5O4. The third kappa shape index (κ3) is 3.98. The van der Waals surface area contributed by atoms with Gasteiger partial charge in [-0.2, -0.15) is 0 Å². The minimum absolute atomic E-state index is 0.0158. The molecule has 1 aliphatic rings. The molecule has 0 bridgehead atoms. The number of hydrogen-bond acceptors (Lipinski definition) is 3. The normalized spacial score (nSPS) is 15.3. The number of phenols is 1. The lowest BCUT2D eigenvalue weighted by atomic mass is 9.85. The monoisotopic (exact) mass is 502 g/mol. The van der Waals surface area contributed by atoms with Gasteiger partial charge >= 0.3 is 5.97 Å². The van der Waals surface area contributed by atoms with Crippen molar-refractivity contribution in [1.82, 2.24) is 0 Å². The molecule has 0 atom stereocenters. The van der Waals surface area contributed by atoms with Crippen molar-refractivity contribution < 1.29 is 19.8 Å². The number of allylic oxidation sites excluding steroid dienone is 5. The molecule has 0 saturated carbocycles. The van der Waals surface area contributed by atoms with Crippen LogP contribution in [0.5, 0.6) is 5.75 Å². The highest BCUT2D eigenvalue weighted by atomic mass is 35.5. The summed E-state index contributed by atoms with van der Waals surface area (Å²) in [5, 5.41) is 19.0. The van der Waals surface area contributed by atoms with Crippen LogP contribution in [0.1, 0.15) is 28.4 Å². The maximum atomic E-state index is 12.1. The molecule has 2 N–H and O–H groups in total. The molecule has 0 heterocycles. The van der Waals surface area contributed by atoms with Crippen LogP contribution in [0.3, 0.4) is 0 Å². The zero-order valence-electron chi connectivity index (χ0n) is 15.1. The van der Waals surface area contributed by atoms with Gasteiger partial charge in [0, 0.05) is 16.7 Å². The van der Waals surface area contributed by atoms with Gasteiger partial charge in [0.15, 0.2) is 5.78 Å². The molecule has 0 spiro atoms. The largest absolute Gasteiger partial charge is 0.508 e. The van der Waals surface area contributed by atoms with Crippen LogP contribution in [0.4, 0.5) is 0 Å². The summed E-state index contributed by atoms with van der Waals surface area (Å²) in [6.07, 6.45) is 4.23. The first-order valence-electron chi connectivity index (χ1n) is 8.28. The standard InChI is InChI=1S/C21H11Cl5O4/c1-8-6-9(27)2-4-11(8)14(12-5-3-10(28)7-13(12)22)15-16(21(29)30)18(24)20(26)19(25)17(15)23/h2-7,28H,1H3,(H,29,30). The van der Waals surface area contributed by atoms with Gasteiger partial charge in [0.2, 0.25) is 0 Å². The molecule has 0 radical (unpaired) electrons. The second-order valence-corrected chi connectivity index (χ2v) is 8.25. The number of aromatic carboxylic acids is 1. The van der Waals surface area contributed by atoms with Crippen molar-refractivity contribution in [2.45, 2.75) is 6.92 Å². The van der Waals surface area contributed by atoms with Crippen LogP contribution in [0.25, 0.3) is 5.57 Å². The maximum absolute atomic E-state index is 12.1. The fourth-order valence-electron chi connectivity index (χ4n) is 3.11.